The first-order chi connectivity index (χ1) is 12.3. The Balaban J connectivity index is 2.01. The zero-order valence-electron chi connectivity index (χ0n) is 14.3. The molecule has 7 heteroatoms. The third kappa shape index (κ3) is 5.02. The van der Waals surface area contributed by atoms with E-state index in [0.717, 1.165) is 12.1 Å². The van der Waals surface area contributed by atoms with Gasteiger partial charge in [-0.2, -0.15) is 0 Å². The average Bonchev–Trinajstić information content (AvgIpc) is 2.58. The predicted octanol–water partition coefficient (Wildman–Crippen LogP) is 4.54. The Morgan fingerprint density at radius 3 is 2.19 bits per heavy atom. The summed E-state index contributed by atoms with van der Waals surface area (Å²) in [5, 5.41) is 2.60. The molecular formula is C19H18ClF2NO3. The Kier molecular flexibility index (Phi) is 6.69. The molecule has 0 spiro atoms. The van der Waals surface area contributed by atoms with Crippen molar-refractivity contribution in [2.24, 2.45) is 5.92 Å². The van der Waals surface area contributed by atoms with Gasteiger partial charge in [0.15, 0.2) is 6.61 Å². The number of carbonyl (C=O) groups excluding carboxylic acids is 2. The molecule has 138 valence electrons. The number of nitrogens with one attached hydrogen (secondary N) is 1. The highest BCUT2D eigenvalue weighted by molar-refractivity contribution is 6.30. The summed E-state index contributed by atoms with van der Waals surface area (Å²) < 4.78 is 32.1. The minimum absolute atomic E-state index is 0.0873. The maximum absolute atomic E-state index is 13.5. The lowest BCUT2D eigenvalue weighted by Gasteiger charge is -2.20. The summed E-state index contributed by atoms with van der Waals surface area (Å²) in [7, 11) is 0. The van der Waals surface area contributed by atoms with Gasteiger partial charge in [0.25, 0.3) is 5.91 Å². The number of anilines is 1. The van der Waals surface area contributed by atoms with Gasteiger partial charge in [0.05, 0.1) is 5.92 Å². The van der Waals surface area contributed by atoms with Crippen LogP contribution in [0.15, 0.2) is 42.5 Å². The third-order valence-electron chi connectivity index (χ3n) is 3.72. The fourth-order valence-electron chi connectivity index (χ4n) is 2.48. The first kappa shape index (κ1) is 19.8. The molecule has 1 N–H and O–H groups in total. The summed E-state index contributed by atoms with van der Waals surface area (Å²) in [6, 6.07) is 9.95. The Labute approximate surface area is 155 Å². The molecule has 26 heavy (non-hydrogen) atoms. The number of hydrogen-bond donors (Lipinski definition) is 1. The molecule has 0 unspecified atom stereocenters. The summed E-state index contributed by atoms with van der Waals surface area (Å²) in [5.41, 5.74) is 0.126. The zero-order chi connectivity index (χ0) is 19.3. The highest BCUT2D eigenvalue weighted by Crippen LogP contribution is 2.27. The van der Waals surface area contributed by atoms with E-state index in [2.05, 4.69) is 5.32 Å². The van der Waals surface area contributed by atoms with Crippen molar-refractivity contribution in [1.82, 2.24) is 0 Å². The largest absolute Gasteiger partial charge is 0.455 e. The molecular weight excluding hydrogens is 364 g/mol. The second-order valence-electron chi connectivity index (χ2n) is 6.03. The minimum atomic E-state index is -0.911. The first-order valence-electron chi connectivity index (χ1n) is 7.95. The molecule has 0 aromatic heterocycles. The molecule has 0 heterocycles. The molecule has 1 amide bonds. The fraction of sp³-hybridized carbons (Fsp3) is 0.263. The van der Waals surface area contributed by atoms with Crippen molar-refractivity contribution in [3.05, 3.63) is 64.7 Å². The SMILES string of the molecule is CC(C)[C@H](C(=O)OCC(=O)Nc1c(F)cccc1F)c1ccc(Cl)cc1. The number of benzene rings is 2. The number of amides is 1. The molecule has 0 radical (unpaired) electrons. The molecule has 2 aromatic rings. The molecule has 0 saturated heterocycles. The van der Waals surface area contributed by atoms with Crippen molar-refractivity contribution in [3.63, 3.8) is 0 Å². The summed E-state index contributed by atoms with van der Waals surface area (Å²) in [6.45, 7) is 3.04. The van der Waals surface area contributed by atoms with E-state index in [1.165, 1.54) is 6.07 Å². The van der Waals surface area contributed by atoms with E-state index in [9.17, 15) is 18.4 Å². The van der Waals surface area contributed by atoms with Crippen LogP contribution in [0.5, 0.6) is 0 Å². The van der Waals surface area contributed by atoms with Crippen LogP contribution >= 0.6 is 11.6 Å². The van der Waals surface area contributed by atoms with E-state index in [1.807, 2.05) is 13.8 Å². The molecule has 0 fully saturated rings. The molecule has 2 aromatic carbocycles. The highest BCUT2D eigenvalue weighted by atomic mass is 35.5. The van der Waals surface area contributed by atoms with Gasteiger partial charge in [-0.05, 0) is 35.7 Å². The summed E-state index contributed by atoms with van der Waals surface area (Å²) in [4.78, 5) is 24.2. The van der Waals surface area contributed by atoms with Crippen molar-refractivity contribution >= 4 is 29.2 Å². The van der Waals surface area contributed by atoms with E-state index in [1.54, 1.807) is 24.3 Å². The molecule has 0 bridgehead atoms. The van der Waals surface area contributed by atoms with Crippen molar-refractivity contribution < 1.29 is 23.1 Å². The predicted molar refractivity (Wildman–Crippen MR) is 95.0 cm³/mol. The van der Waals surface area contributed by atoms with E-state index in [-0.39, 0.29) is 5.92 Å². The van der Waals surface area contributed by atoms with Gasteiger partial charge in [-0.3, -0.25) is 9.59 Å². The lowest BCUT2D eigenvalue weighted by molar-refractivity contribution is -0.149. The topological polar surface area (TPSA) is 55.4 Å². The zero-order valence-corrected chi connectivity index (χ0v) is 15.0. The first-order valence-corrected chi connectivity index (χ1v) is 8.33. The van der Waals surface area contributed by atoms with Crippen LogP contribution in [0.3, 0.4) is 0 Å². The van der Waals surface area contributed by atoms with Crippen LogP contribution in [0.1, 0.15) is 25.3 Å². The van der Waals surface area contributed by atoms with Crippen molar-refractivity contribution in [1.29, 1.82) is 0 Å². The number of hydrogen-bond acceptors (Lipinski definition) is 3. The van der Waals surface area contributed by atoms with Crippen molar-refractivity contribution in [3.8, 4) is 0 Å². The van der Waals surface area contributed by atoms with E-state index >= 15 is 0 Å². The Hall–Kier alpha value is -2.47. The van der Waals surface area contributed by atoms with Crippen LogP contribution in [0.4, 0.5) is 14.5 Å². The van der Waals surface area contributed by atoms with Crippen LogP contribution in [0, 0.1) is 17.6 Å². The Morgan fingerprint density at radius 2 is 1.65 bits per heavy atom. The van der Waals surface area contributed by atoms with Gasteiger partial charge in [-0.1, -0.05) is 43.6 Å². The van der Waals surface area contributed by atoms with E-state index < -0.39 is 41.7 Å². The van der Waals surface area contributed by atoms with Crippen LogP contribution in [-0.4, -0.2) is 18.5 Å². The quantitative estimate of drug-likeness (QED) is 0.747. The van der Waals surface area contributed by atoms with Gasteiger partial charge in [-0.15, -0.1) is 0 Å². The second kappa shape index (κ2) is 8.76. The highest BCUT2D eigenvalue weighted by Gasteiger charge is 2.26. The summed E-state index contributed by atoms with van der Waals surface area (Å²) in [6.07, 6.45) is 0. The number of esters is 1. The average molecular weight is 382 g/mol. The van der Waals surface area contributed by atoms with Crippen LogP contribution in [0.25, 0.3) is 0 Å². The number of ether oxygens (including phenoxy) is 1. The van der Waals surface area contributed by atoms with E-state index in [4.69, 9.17) is 16.3 Å². The minimum Gasteiger partial charge on any atom is -0.455 e. The fourth-order valence-corrected chi connectivity index (χ4v) is 2.61. The van der Waals surface area contributed by atoms with Crippen LogP contribution in [-0.2, 0) is 14.3 Å². The number of para-hydroxylation sites is 1. The summed E-state index contributed by atoms with van der Waals surface area (Å²) >= 11 is 5.85. The van der Waals surface area contributed by atoms with Gasteiger partial charge >= 0.3 is 5.97 Å². The third-order valence-corrected chi connectivity index (χ3v) is 3.97. The molecule has 0 aliphatic heterocycles. The van der Waals surface area contributed by atoms with Gasteiger partial charge in [0, 0.05) is 5.02 Å². The standard InChI is InChI=1S/C19H18ClF2NO3/c1-11(2)17(12-6-8-13(20)9-7-12)19(25)26-10-16(24)23-18-14(21)4-3-5-15(18)22/h3-9,11,17H,10H2,1-2H3,(H,23,24)/t17-/m0/s1. The lowest BCUT2D eigenvalue weighted by Crippen LogP contribution is -2.26. The number of halogens is 3. The maximum atomic E-state index is 13.5. The maximum Gasteiger partial charge on any atom is 0.314 e. The number of rotatable bonds is 6. The second-order valence-corrected chi connectivity index (χ2v) is 6.46. The normalized spacial score (nSPS) is 11.9. The lowest BCUT2D eigenvalue weighted by atomic mass is 9.88. The van der Waals surface area contributed by atoms with Crippen LogP contribution < -0.4 is 5.32 Å². The van der Waals surface area contributed by atoms with Crippen LogP contribution in [0.2, 0.25) is 5.02 Å². The molecule has 0 aliphatic rings. The molecule has 0 saturated carbocycles. The van der Waals surface area contributed by atoms with Gasteiger partial charge in [-0.25, -0.2) is 8.78 Å². The van der Waals surface area contributed by atoms with Crippen molar-refractivity contribution in [2.45, 2.75) is 19.8 Å². The van der Waals surface area contributed by atoms with E-state index in [0.29, 0.717) is 10.6 Å². The monoisotopic (exact) mass is 381 g/mol. The number of carbonyl (C=O) groups is 2. The molecule has 1 atom stereocenters. The smallest absolute Gasteiger partial charge is 0.314 e. The van der Waals surface area contributed by atoms with Crippen molar-refractivity contribution in [2.75, 3.05) is 11.9 Å². The molecule has 2 rings (SSSR count). The Bertz CT molecular complexity index is 774. The van der Waals surface area contributed by atoms with Gasteiger partial charge < -0.3 is 10.1 Å². The van der Waals surface area contributed by atoms with Gasteiger partial charge in [0.2, 0.25) is 0 Å². The van der Waals surface area contributed by atoms with Gasteiger partial charge in [0.1, 0.15) is 17.3 Å². The Morgan fingerprint density at radius 1 is 1.08 bits per heavy atom. The molecule has 4 nitrogen and oxygen atoms in total. The molecule has 0 aliphatic carbocycles. The summed E-state index contributed by atoms with van der Waals surface area (Å²) in [5.74, 6) is -3.94.